The lowest BCUT2D eigenvalue weighted by Crippen LogP contribution is -1.83. The van der Waals surface area contributed by atoms with Crippen LogP contribution in [0.2, 0.25) is 0 Å². The molecule has 40 valence electrons. The van der Waals surface area contributed by atoms with E-state index in [0.29, 0.717) is 0 Å². The highest BCUT2D eigenvalue weighted by atomic mass is 79.9. The van der Waals surface area contributed by atoms with Crippen LogP contribution in [0, 0.1) is 0 Å². The fourth-order valence-electron chi connectivity index (χ4n) is 0.547. The smallest absolute Gasteiger partial charge is 0.0465 e. The Labute approximate surface area is 56.5 Å². The Morgan fingerprint density at radius 1 is 2.00 bits per heavy atom. The van der Waals surface area contributed by atoms with Gasteiger partial charge in [-0.15, -0.1) is 11.8 Å². The monoisotopic (exact) mass is 178 g/mol. The van der Waals surface area contributed by atoms with Gasteiger partial charge in [0.2, 0.25) is 0 Å². The first-order chi connectivity index (χ1) is 3.29. The molecule has 0 aromatic heterocycles. The number of hydrogen-bond donors (Lipinski definition) is 0. The Bertz CT molecular complexity index is 98.3. The van der Waals surface area contributed by atoms with E-state index in [9.17, 15) is 0 Å². The first-order valence-corrected chi connectivity index (χ1v) is 3.98. The van der Waals surface area contributed by atoms with Crippen molar-refractivity contribution < 1.29 is 0 Å². The molecule has 0 aromatic rings. The highest BCUT2D eigenvalue weighted by Gasteiger charge is 2.08. The lowest BCUT2D eigenvalue weighted by atomic mass is 10.3. The van der Waals surface area contributed by atoms with Gasteiger partial charge in [-0.3, -0.25) is 0 Å². The third-order valence-corrected chi connectivity index (χ3v) is 2.80. The fourth-order valence-corrected chi connectivity index (χ4v) is 2.46. The summed E-state index contributed by atoms with van der Waals surface area (Å²) in [5.41, 5.74) is 0. The normalized spacial score (nSPS) is 30.6. The number of halogens is 1. The van der Waals surface area contributed by atoms with Crippen LogP contribution in [0.4, 0.5) is 0 Å². The van der Waals surface area contributed by atoms with Crippen molar-refractivity contribution in [2.45, 2.75) is 18.6 Å². The Balaban J connectivity index is 2.42. The van der Waals surface area contributed by atoms with Crippen LogP contribution in [0.1, 0.15) is 13.3 Å². The minimum Gasteiger partial charge on any atom is -0.116 e. The van der Waals surface area contributed by atoms with Gasteiger partial charge >= 0.3 is 0 Å². The number of hydrogen-bond acceptors (Lipinski definition) is 1. The molecular formula is C5H7BrS. The molecule has 1 heterocycles. The van der Waals surface area contributed by atoms with E-state index in [4.69, 9.17) is 0 Å². The van der Waals surface area contributed by atoms with Crippen molar-refractivity contribution in [3.8, 4) is 0 Å². The molecule has 1 rings (SSSR count). The maximum Gasteiger partial charge on any atom is 0.0465 e. The minimum atomic E-state index is 0.800. The van der Waals surface area contributed by atoms with E-state index in [1.165, 1.54) is 10.2 Å². The van der Waals surface area contributed by atoms with Crippen molar-refractivity contribution in [2.24, 2.45) is 0 Å². The number of allylic oxidation sites excluding steroid dienone is 1. The molecule has 1 atom stereocenters. The predicted octanol–water partition coefficient (Wildman–Crippen LogP) is 2.75. The summed E-state index contributed by atoms with van der Waals surface area (Å²) in [6, 6.07) is 0. The molecule has 0 spiro atoms. The summed E-state index contributed by atoms with van der Waals surface area (Å²) >= 11 is 5.30. The molecule has 1 aliphatic rings. The molecule has 2 heteroatoms. The average molecular weight is 179 g/mol. The Morgan fingerprint density at radius 3 is 2.86 bits per heavy atom. The van der Waals surface area contributed by atoms with E-state index in [1.807, 2.05) is 11.8 Å². The van der Waals surface area contributed by atoms with Crippen molar-refractivity contribution in [2.75, 3.05) is 0 Å². The van der Waals surface area contributed by atoms with E-state index < -0.39 is 0 Å². The quantitative estimate of drug-likeness (QED) is 0.550. The molecule has 0 unspecified atom stereocenters. The van der Waals surface area contributed by atoms with Crippen LogP contribution in [0.15, 0.2) is 9.89 Å². The van der Waals surface area contributed by atoms with Gasteiger partial charge in [0, 0.05) is 9.06 Å². The molecule has 0 N–H and O–H groups in total. The maximum absolute atomic E-state index is 3.40. The molecule has 0 nitrogen and oxygen atoms in total. The van der Waals surface area contributed by atoms with Crippen LogP contribution in [0.25, 0.3) is 0 Å². The SMILES string of the molecule is C[C@@H]1CC=C(Br)S1. The molecule has 1 aliphatic heterocycles. The summed E-state index contributed by atoms with van der Waals surface area (Å²) < 4.78 is 1.31. The zero-order valence-corrected chi connectivity index (χ0v) is 6.55. The second-order valence-electron chi connectivity index (χ2n) is 1.67. The lowest BCUT2D eigenvalue weighted by molar-refractivity contribution is 1.00. The van der Waals surface area contributed by atoms with Crippen molar-refractivity contribution >= 4 is 27.7 Å². The highest BCUT2D eigenvalue weighted by Crippen LogP contribution is 2.35. The lowest BCUT2D eigenvalue weighted by Gasteiger charge is -1.94. The van der Waals surface area contributed by atoms with E-state index in [0.717, 1.165) is 5.25 Å². The summed E-state index contributed by atoms with van der Waals surface area (Å²) in [4.78, 5) is 0. The standard InChI is InChI=1S/C5H7BrS/c1-4-2-3-5(6)7-4/h3-4H,2H2,1H3/t4-/m1/s1. The molecular weight excluding hydrogens is 172 g/mol. The Hall–Kier alpha value is 0.570. The van der Waals surface area contributed by atoms with Gasteiger partial charge in [-0.05, 0) is 22.4 Å². The first-order valence-electron chi connectivity index (χ1n) is 2.31. The third-order valence-electron chi connectivity index (χ3n) is 0.924. The van der Waals surface area contributed by atoms with Crippen LogP contribution in [-0.4, -0.2) is 5.25 Å². The van der Waals surface area contributed by atoms with Crippen molar-refractivity contribution in [1.29, 1.82) is 0 Å². The van der Waals surface area contributed by atoms with Gasteiger partial charge in [0.1, 0.15) is 0 Å². The fraction of sp³-hybridized carbons (Fsp3) is 0.600. The summed E-state index contributed by atoms with van der Waals surface area (Å²) in [6.45, 7) is 2.23. The van der Waals surface area contributed by atoms with Gasteiger partial charge in [-0.1, -0.05) is 13.0 Å². The van der Waals surface area contributed by atoms with Crippen molar-refractivity contribution in [3.05, 3.63) is 9.89 Å². The Kier molecular flexibility index (Phi) is 1.81. The van der Waals surface area contributed by atoms with E-state index >= 15 is 0 Å². The van der Waals surface area contributed by atoms with E-state index in [1.54, 1.807) is 0 Å². The zero-order valence-electron chi connectivity index (χ0n) is 4.15. The number of thioether (sulfide) groups is 1. The molecule has 0 bridgehead atoms. The van der Waals surface area contributed by atoms with Crippen LogP contribution in [-0.2, 0) is 0 Å². The molecule has 0 saturated heterocycles. The first kappa shape index (κ1) is 5.70. The summed E-state index contributed by atoms with van der Waals surface area (Å²) in [6.07, 6.45) is 3.45. The molecule has 0 amide bonds. The van der Waals surface area contributed by atoms with Crippen molar-refractivity contribution in [3.63, 3.8) is 0 Å². The van der Waals surface area contributed by atoms with E-state index in [-0.39, 0.29) is 0 Å². The third kappa shape index (κ3) is 1.50. The predicted molar refractivity (Wildman–Crippen MR) is 38.7 cm³/mol. The van der Waals surface area contributed by atoms with Crippen LogP contribution < -0.4 is 0 Å². The summed E-state index contributed by atoms with van der Waals surface area (Å²) in [7, 11) is 0. The zero-order chi connectivity index (χ0) is 5.28. The van der Waals surface area contributed by atoms with Gasteiger partial charge in [0.05, 0.1) is 0 Å². The summed E-state index contributed by atoms with van der Waals surface area (Å²) in [5.74, 6) is 0. The van der Waals surface area contributed by atoms with Crippen LogP contribution >= 0.6 is 27.7 Å². The van der Waals surface area contributed by atoms with Gasteiger partial charge in [0.25, 0.3) is 0 Å². The van der Waals surface area contributed by atoms with Gasteiger partial charge in [-0.2, -0.15) is 0 Å². The van der Waals surface area contributed by atoms with Gasteiger partial charge < -0.3 is 0 Å². The second-order valence-corrected chi connectivity index (χ2v) is 4.53. The molecule has 0 saturated carbocycles. The van der Waals surface area contributed by atoms with Crippen molar-refractivity contribution in [1.82, 2.24) is 0 Å². The molecule has 0 radical (unpaired) electrons. The van der Waals surface area contributed by atoms with E-state index in [2.05, 4.69) is 28.9 Å². The summed E-state index contributed by atoms with van der Waals surface area (Å²) in [5, 5.41) is 0.800. The molecule has 7 heavy (non-hydrogen) atoms. The van der Waals surface area contributed by atoms with Crippen LogP contribution in [0.3, 0.4) is 0 Å². The highest BCUT2D eigenvalue weighted by molar-refractivity contribution is 9.14. The Morgan fingerprint density at radius 2 is 2.71 bits per heavy atom. The number of rotatable bonds is 0. The van der Waals surface area contributed by atoms with Crippen LogP contribution in [0.5, 0.6) is 0 Å². The topological polar surface area (TPSA) is 0 Å². The molecule has 0 aliphatic carbocycles. The largest absolute Gasteiger partial charge is 0.116 e. The minimum absolute atomic E-state index is 0.800. The second kappa shape index (κ2) is 2.23. The van der Waals surface area contributed by atoms with Gasteiger partial charge in [0.15, 0.2) is 0 Å². The average Bonchev–Trinajstić information content (AvgIpc) is 1.87. The maximum atomic E-state index is 3.40. The molecule has 0 fully saturated rings. The van der Waals surface area contributed by atoms with Gasteiger partial charge in [-0.25, -0.2) is 0 Å². The molecule has 0 aromatic carbocycles.